The smallest absolute Gasteiger partial charge is 0.255 e. The molecule has 1 N–H and O–H groups in total. The van der Waals surface area contributed by atoms with Gasteiger partial charge in [0, 0.05) is 34.7 Å². The number of carbonyl (C=O) groups excluding carboxylic acids is 1. The highest BCUT2D eigenvalue weighted by Crippen LogP contribution is 2.24. The van der Waals surface area contributed by atoms with E-state index in [4.69, 9.17) is 11.6 Å². The van der Waals surface area contributed by atoms with E-state index >= 15 is 0 Å². The molecule has 1 saturated heterocycles. The number of piperazine rings is 1. The number of benzene rings is 1. The van der Waals surface area contributed by atoms with Crippen LogP contribution in [0.2, 0.25) is 5.02 Å². The van der Waals surface area contributed by atoms with E-state index in [1.54, 1.807) is 12.1 Å². The summed E-state index contributed by atoms with van der Waals surface area (Å²) < 4.78 is 0.787. The van der Waals surface area contributed by atoms with E-state index in [0.29, 0.717) is 16.6 Å². The van der Waals surface area contributed by atoms with Crippen molar-refractivity contribution in [1.82, 2.24) is 10.2 Å². The van der Waals surface area contributed by atoms with Gasteiger partial charge in [0.25, 0.3) is 5.91 Å². The topological polar surface area (TPSA) is 32.3 Å². The first-order valence-corrected chi connectivity index (χ1v) is 7.15. The minimum absolute atomic E-state index is 0.0326. The van der Waals surface area contributed by atoms with Crippen LogP contribution >= 0.6 is 27.5 Å². The van der Waals surface area contributed by atoms with E-state index in [2.05, 4.69) is 35.1 Å². The van der Waals surface area contributed by atoms with Gasteiger partial charge in [0.1, 0.15) is 0 Å². The summed E-state index contributed by atoms with van der Waals surface area (Å²) in [5.41, 5.74) is 0.628. The standard InChI is InChI=1S/C13H16BrClN2O/c1-8-7-17(9(2)6-16-8)13(18)11-5-10(15)3-4-12(11)14/h3-5,8-9,16H,6-7H2,1-2H3. The van der Waals surface area contributed by atoms with Gasteiger partial charge in [0.2, 0.25) is 0 Å². The summed E-state index contributed by atoms with van der Waals surface area (Å²) in [4.78, 5) is 14.4. The average Bonchev–Trinajstić information content (AvgIpc) is 2.34. The first kappa shape index (κ1) is 13.8. The number of hydrogen-bond donors (Lipinski definition) is 1. The minimum Gasteiger partial charge on any atom is -0.333 e. The second-order valence-corrected chi connectivity index (χ2v) is 6.03. The SMILES string of the molecule is CC1CN(C(=O)c2cc(Cl)ccc2Br)C(C)CN1. The predicted octanol–water partition coefficient (Wildman–Crippen LogP) is 2.92. The molecule has 0 bridgehead atoms. The number of carbonyl (C=O) groups is 1. The molecule has 1 aromatic carbocycles. The van der Waals surface area contributed by atoms with Gasteiger partial charge in [0.15, 0.2) is 0 Å². The molecule has 2 rings (SSSR count). The molecule has 1 fully saturated rings. The maximum absolute atomic E-state index is 12.5. The molecular weight excluding hydrogens is 316 g/mol. The Bertz CT molecular complexity index is 466. The lowest BCUT2D eigenvalue weighted by Crippen LogP contribution is -2.56. The van der Waals surface area contributed by atoms with Crippen molar-refractivity contribution >= 4 is 33.4 Å². The maximum atomic E-state index is 12.5. The zero-order valence-corrected chi connectivity index (χ0v) is 12.8. The molecule has 0 saturated carbocycles. The fraction of sp³-hybridized carbons (Fsp3) is 0.462. The van der Waals surface area contributed by atoms with E-state index in [0.717, 1.165) is 17.6 Å². The lowest BCUT2D eigenvalue weighted by Gasteiger charge is -2.37. The van der Waals surface area contributed by atoms with Crippen molar-refractivity contribution in [2.24, 2.45) is 0 Å². The van der Waals surface area contributed by atoms with Gasteiger partial charge in [-0.25, -0.2) is 0 Å². The Morgan fingerprint density at radius 2 is 2.22 bits per heavy atom. The third kappa shape index (κ3) is 2.87. The van der Waals surface area contributed by atoms with Crippen molar-refractivity contribution in [2.45, 2.75) is 25.9 Å². The van der Waals surface area contributed by atoms with Gasteiger partial charge in [-0.3, -0.25) is 4.79 Å². The third-order valence-corrected chi connectivity index (χ3v) is 4.11. The van der Waals surface area contributed by atoms with E-state index in [-0.39, 0.29) is 11.9 Å². The maximum Gasteiger partial charge on any atom is 0.255 e. The number of nitrogens with one attached hydrogen (secondary N) is 1. The first-order valence-electron chi connectivity index (χ1n) is 5.98. The highest BCUT2D eigenvalue weighted by Gasteiger charge is 2.28. The summed E-state index contributed by atoms with van der Waals surface area (Å²) in [6.07, 6.45) is 0. The second-order valence-electron chi connectivity index (χ2n) is 4.74. The normalized spacial score (nSPS) is 24.1. The van der Waals surface area contributed by atoms with Crippen molar-refractivity contribution in [1.29, 1.82) is 0 Å². The van der Waals surface area contributed by atoms with E-state index in [1.165, 1.54) is 0 Å². The van der Waals surface area contributed by atoms with Gasteiger partial charge in [0.05, 0.1) is 5.56 Å². The lowest BCUT2D eigenvalue weighted by atomic mass is 10.1. The van der Waals surface area contributed by atoms with Crippen molar-refractivity contribution in [2.75, 3.05) is 13.1 Å². The molecule has 5 heteroatoms. The van der Waals surface area contributed by atoms with Crippen LogP contribution in [0.5, 0.6) is 0 Å². The molecule has 2 unspecified atom stereocenters. The van der Waals surface area contributed by atoms with Gasteiger partial charge in [-0.1, -0.05) is 11.6 Å². The molecule has 98 valence electrons. The molecule has 0 aliphatic carbocycles. The summed E-state index contributed by atoms with van der Waals surface area (Å²) >= 11 is 9.37. The van der Waals surface area contributed by atoms with Crippen LogP contribution in [-0.2, 0) is 0 Å². The summed E-state index contributed by atoms with van der Waals surface area (Å²) in [6.45, 7) is 5.68. The van der Waals surface area contributed by atoms with Crippen molar-refractivity contribution in [3.63, 3.8) is 0 Å². The van der Waals surface area contributed by atoms with Crippen LogP contribution in [0.4, 0.5) is 0 Å². The number of nitrogens with zero attached hydrogens (tertiary/aromatic N) is 1. The van der Waals surface area contributed by atoms with Gasteiger partial charge in [-0.2, -0.15) is 0 Å². The molecule has 2 atom stereocenters. The molecule has 1 amide bonds. The van der Waals surface area contributed by atoms with Crippen LogP contribution in [-0.4, -0.2) is 36.0 Å². The second kappa shape index (κ2) is 5.59. The third-order valence-electron chi connectivity index (χ3n) is 3.18. The van der Waals surface area contributed by atoms with Crippen LogP contribution in [0.1, 0.15) is 24.2 Å². The number of hydrogen-bond acceptors (Lipinski definition) is 2. The van der Waals surface area contributed by atoms with E-state index in [1.807, 2.05) is 11.0 Å². The molecule has 1 aliphatic rings. The van der Waals surface area contributed by atoms with Gasteiger partial charge < -0.3 is 10.2 Å². The molecule has 3 nitrogen and oxygen atoms in total. The van der Waals surface area contributed by atoms with Gasteiger partial charge >= 0.3 is 0 Å². The van der Waals surface area contributed by atoms with Crippen LogP contribution < -0.4 is 5.32 Å². The summed E-state index contributed by atoms with van der Waals surface area (Å²) in [7, 11) is 0. The predicted molar refractivity (Wildman–Crippen MR) is 77.1 cm³/mol. The summed E-state index contributed by atoms with van der Waals surface area (Å²) in [5, 5.41) is 3.94. The monoisotopic (exact) mass is 330 g/mol. The Kier molecular flexibility index (Phi) is 4.30. The first-order chi connectivity index (χ1) is 8.49. The molecule has 0 spiro atoms. The van der Waals surface area contributed by atoms with Gasteiger partial charge in [-0.15, -0.1) is 0 Å². The zero-order chi connectivity index (χ0) is 13.3. The molecule has 0 aromatic heterocycles. The minimum atomic E-state index is 0.0326. The van der Waals surface area contributed by atoms with Crippen LogP contribution in [0, 0.1) is 0 Å². The van der Waals surface area contributed by atoms with Crippen molar-refractivity contribution in [3.8, 4) is 0 Å². The highest BCUT2D eigenvalue weighted by atomic mass is 79.9. The number of amides is 1. The Labute approximate surface area is 121 Å². The molecular formula is C13H16BrClN2O. The largest absolute Gasteiger partial charge is 0.333 e. The number of halogens is 2. The van der Waals surface area contributed by atoms with E-state index < -0.39 is 0 Å². The lowest BCUT2D eigenvalue weighted by molar-refractivity contribution is 0.0615. The Morgan fingerprint density at radius 1 is 1.50 bits per heavy atom. The quantitative estimate of drug-likeness (QED) is 0.858. The van der Waals surface area contributed by atoms with E-state index in [9.17, 15) is 4.79 Å². The Morgan fingerprint density at radius 3 is 2.94 bits per heavy atom. The molecule has 1 heterocycles. The average molecular weight is 332 g/mol. The fourth-order valence-electron chi connectivity index (χ4n) is 2.12. The molecule has 1 aromatic rings. The molecule has 1 aliphatic heterocycles. The summed E-state index contributed by atoms with van der Waals surface area (Å²) in [6, 6.07) is 5.81. The van der Waals surface area contributed by atoms with Gasteiger partial charge in [-0.05, 0) is 48.0 Å². The summed E-state index contributed by atoms with van der Waals surface area (Å²) in [5.74, 6) is 0.0326. The molecule has 18 heavy (non-hydrogen) atoms. The van der Waals surface area contributed by atoms with Crippen molar-refractivity contribution in [3.05, 3.63) is 33.3 Å². The van der Waals surface area contributed by atoms with Crippen LogP contribution in [0.25, 0.3) is 0 Å². The fourth-order valence-corrected chi connectivity index (χ4v) is 2.71. The zero-order valence-electron chi connectivity index (χ0n) is 10.4. The van der Waals surface area contributed by atoms with Crippen molar-refractivity contribution < 1.29 is 4.79 Å². The number of rotatable bonds is 1. The highest BCUT2D eigenvalue weighted by molar-refractivity contribution is 9.10. The molecule has 0 radical (unpaired) electrons. The Hall–Kier alpha value is -0.580. The van der Waals surface area contributed by atoms with Crippen LogP contribution in [0.3, 0.4) is 0 Å². The Balaban J connectivity index is 2.27. The van der Waals surface area contributed by atoms with Crippen LogP contribution in [0.15, 0.2) is 22.7 Å².